The molecule has 2 aromatic rings. The molecule has 128 valence electrons. The lowest BCUT2D eigenvalue weighted by molar-refractivity contribution is -0.163. The summed E-state index contributed by atoms with van der Waals surface area (Å²) in [4.78, 5) is 10.7. The quantitative estimate of drug-likeness (QED) is 0.818. The van der Waals surface area contributed by atoms with Crippen molar-refractivity contribution in [1.29, 1.82) is 0 Å². The van der Waals surface area contributed by atoms with Crippen molar-refractivity contribution in [2.45, 2.75) is 39.0 Å². The van der Waals surface area contributed by atoms with Gasteiger partial charge < -0.3 is 14.6 Å². The Morgan fingerprint density at radius 2 is 2.38 bits per heavy atom. The number of carboxylic acid groups (broad SMARTS) is 1. The summed E-state index contributed by atoms with van der Waals surface area (Å²) in [5, 5.41) is 17.1. The fraction of sp³-hybridized carbons (Fsp3) is 0.471. The predicted molar refractivity (Wildman–Crippen MR) is 88.5 cm³/mol. The molecule has 0 bridgehead atoms. The summed E-state index contributed by atoms with van der Waals surface area (Å²) >= 11 is 0. The number of aliphatic carboxylic acids is 1. The standard InChI is InChI=1S/C17H21N3O4/c1-12-13(6-8-15(21)22)5-7-14-17(12)18-19-20(14)9-11-24-16-4-2-3-10-23-16/h5-8,16H,2-4,9-11H2,1H3,(H,21,22). The van der Waals surface area contributed by atoms with Gasteiger partial charge in [-0.25, -0.2) is 9.48 Å². The zero-order valence-electron chi connectivity index (χ0n) is 13.6. The number of nitrogens with zero attached hydrogens (tertiary/aromatic N) is 3. The van der Waals surface area contributed by atoms with Gasteiger partial charge >= 0.3 is 5.97 Å². The summed E-state index contributed by atoms with van der Waals surface area (Å²) in [6, 6.07) is 3.78. The first kappa shape index (κ1) is 16.6. The molecular formula is C17H21N3O4. The lowest BCUT2D eigenvalue weighted by Crippen LogP contribution is -2.24. The zero-order chi connectivity index (χ0) is 16.9. The summed E-state index contributed by atoms with van der Waals surface area (Å²) in [6.07, 6.45) is 5.77. The Labute approximate surface area is 139 Å². The van der Waals surface area contributed by atoms with Crippen LogP contribution in [0.1, 0.15) is 30.4 Å². The molecule has 1 aliphatic heterocycles. The number of carboxylic acids is 1. The number of benzene rings is 1. The first-order chi connectivity index (χ1) is 11.6. The molecule has 7 nitrogen and oxygen atoms in total. The van der Waals surface area contributed by atoms with E-state index in [0.717, 1.165) is 54.1 Å². The van der Waals surface area contributed by atoms with Gasteiger partial charge in [0.1, 0.15) is 5.52 Å². The third kappa shape index (κ3) is 3.80. The molecule has 1 saturated heterocycles. The number of aromatic nitrogens is 3. The van der Waals surface area contributed by atoms with E-state index < -0.39 is 5.97 Å². The highest BCUT2D eigenvalue weighted by Crippen LogP contribution is 2.21. The van der Waals surface area contributed by atoms with E-state index in [4.69, 9.17) is 14.6 Å². The Hall–Kier alpha value is -2.25. The second kappa shape index (κ2) is 7.55. The summed E-state index contributed by atoms with van der Waals surface area (Å²) < 4.78 is 13.1. The van der Waals surface area contributed by atoms with Crippen LogP contribution in [0.25, 0.3) is 17.1 Å². The van der Waals surface area contributed by atoms with E-state index in [1.165, 1.54) is 0 Å². The van der Waals surface area contributed by atoms with Gasteiger partial charge in [0.25, 0.3) is 0 Å². The van der Waals surface area contributed by atoms with Crippen LogP contribution in [0, 0.1) is 6.92 Å². The molecule has 0 saturated carbocycles. The lowest BCUT2D eigenvalue weighted by atomic mass is 10.1. The van der Waals surface area contributed by atoms with Crippen LogP contribution in [0.15, 0.2) is 18.2 Å². The van der Waals surface area contributed by atoms with Crippen LogP contribution in [0.5, 0.6) is 0 Å². The maximum Gasteiger partial charge on any atom is 0.328 e. The van der Waals surface area contributed by atoms with E-state index in [9.17, 15) is 4.79 Å². The number of rotatable bonds is 6. The molecule has 0 amide bonds. The maximum absolute atomic E-state index is 10.7. The highest BCUT2D eigenvalue weighted by Gasteiger charge is 2.14. The fourth-order valence-corrected chi connectivity index (χ4v) is 2.80. The van der Waals surface area contributed by atoms with E-state index in [-0.39, 0.29) is 6.29 Å². The predicted octanol–water partition coefficient (Wildman–Crippen LogP) is 2.38. The van der Waals surface area contributed by atoms with Gasteiger partial charge in [0.05, 0.1) is 18.7 Å². The maximum atomic E-state index is 10.7. The van der Waals surface area contributed by atoms with Crippen LogP contribution in [0.2, 0.25) is 0 Å². The average molecular weight is 331 g/mol. The molecule has 1 fully saturated rings. The van der Waals surface area contributed by atoms with Crippen LogP contribution in [0.4, 0.5) is 0 Å². The van der Waals surface area contributed by atoms with Crippen molar-refractivity contribution in [2.24, 2.45) is 0 Å². The van der Waals surface area contributed by atoms with Gasteiger partial charge in [0, 0.05) is 12.7 Å². The molecular weight excluding hydrogens is 310 g/mol. The van der Waals surface area contributed by atoms with Gasteiger partial charge in [0.2, 0.25) is 0 Å². The van der Waals surface area contributed by atoms with Gasteiger partial charge in [-0.05, 0) is 49.5 Å². The minimum atomic E-state index is -0.972. The number of aryl methyl sites for hydroxylation is 1. The lowest BCUT2D eigenvalue weighted by Gasteiger charge is -2.22. The van der Waals surface area contributed by atoms with Crippen LogP contribution in [-0.4, -0.2) is 45.6 Å². The van der Waals surface area contributed by atoms with Crippen LogP contribution in [-0.2, 0) is 20.8 Å². The first-order valence-corrected chi connectivity index (χ1v) is 8.12. The molecule has 1 aromatic heterocycles. The topological polar surface area (TPSA) is 86.5 Å². The van der Waals surface area contributed by atoms with Gasteiger partial charge in [-0.3, -0.25) is 0 Å². The second-order valence-corrected chi connectivity index (χ2v) is 5.80. The fourth-order valence-electron chi connectivity index (χ4n) is 2.80. The van der Waals surface area contributed by atoms with Gasteiger partial charge in [-0.15, -0.1) is 5.10 Å². The normalized spacial score (nSPS) is 18.5. The minimum Gasteiger partial charge on any atom is -0.478 e. The van der Waals surface area contributed by atoms with E-state index in [2.05, 4.69) is 10.3 Å². The molecule has 1 unspecified atom stereocenters. The molecule has 0 spiro atoms. The zero-order valence-corrected chi connectivity index (χ0v) is 13.6. The van der Waals surface area contributed by atoms with E-state index in [1.54, 1.807) is 10.8 Å². The molecule has 3 rings (SSSR count). The van der Waals surface area contributed by atoms with Crippen LogP contribution < -0.4 is 0 Å². The molecule has 0 aliphatic carbocycles. The Morgan fingerprint density at radius 3 is 3.12 bits per heavy atom. The number of ether oxygens (including phenoxy) is 2. The van der Waals surface area contributed by atoms with Crippen molar-refractivity contribution >= 4 is 23.1 Å². The summed E-state index contributed by atoms with van der Waals surface area (Å²) in [5.41, 5.74) is 3.42. The van der Waals surface area contributed by atoms with Crippen LogP contribution in [0.3, 0.4) is 0 Å². The molecule has 24 heavy (non-hydrogen) atoms. The molecule has 7 heteroatoms. The molecule has 1 atom stereocenters. The third-order valence-corrected chi connectivity index (χ3v) is 4.13. The molecule has 0 radical (unpaired) electrons. The van der Waals surface area contributed by atoms with E-state index in [1.807, 2.05) is 19.1 Å². The van der Waals surface area contributed by atoms with Crippen molar-refractivity contribution in [3.05, 3.63) is 29.3 Å². The van der Waals surface area contributed by atoms with Gasteiger partial charge in [-0.2, -0.15) is 0 Å². The van der Waals surface area contributed by atoms with Gasteiger partial charge in [-0.1, -0.05) is 11.3 Å². The highest BCUT2D eigenvalue weighted by atomic mass is 16.7. The Balaban J connectivity index is 1.68. The average Bonchev–Trinajstić information content (AvgIpc) is 2.99. The third-order valence-electron chi connectivity index (χ3n) is 4.13. The SMILES string of the molecule is Cc1c(C=CC(=O)O)ccc2c1nnn2CCOC1CCCCO1. The van der Waals surface area contributed by atoms with E-state index >= 15 is 0 Å². The minimum absolute atomic E-state index is 0.108. The van der Waals surface area contributed by atoms with Gasteiger partial charge in [0.15, 0.2) is 6.29 Å². The monoisotopic (exact) mass is 331 g/mol. The Kier molecular flexibility index (Phi) is 5.22. The largest absolute Gasteiger partial charge is 0.478 e. The Bertz CT molecular complexity index is 748. The number of carbonyl (C=O) groups is 1. The van der Waals surface area contributed by atoms with Crippen molar-refractivity contribution in [1.82, 2.24) is 15.0 Å². The molecule has 1 aliphatic rings. The number of hydrogen-bond donors (Lipinski definition) is 1. The first-order valence-electron chi connectivity index (χ1n) is 8.12. The number of fused-ring (bicyclic) bond motifs is 1. The van der Waals surface area contributed by atoms with Crippen molar-refractivity contribution in [3.63, 3.8) is 0 Å². The van der Waals surface area contributed by atoms with Crippen molar-refractivity contribution in [3.8, 4) is 0 Å². The summed E-state index contributed by atoms with van der Waals surface area (Å²) in [5.74, 6) is -0.972. The highest BCUT2D eigenvalue weighted by molar-refractivity contribution is 5.88. The molecule has 1 N–H and O–H groups in total. The molecule has 1 aromatic carbocycles. The van der Waals surface area contributed by atoms with E-state index in [0.29, 0.717) is 13.2 Å². The second-order valence-electron chi connectivity index (χ2n) is 5.80. The van der Waals surface area contributed by atoms with Crippen molar-refractivity contribution < 1.29 is 19.4 Å². The van der Waals surface area contributed by atoms with Crippen LogP contribution >= 0.6 is 0 Å². The molecule has 2 heterocycles. The summed E-state index contributed by atoms with van der Waals surface area (Å²) in [7, 11) is 0. The Morgan fingerprint density at radius 1 is 1.50 bits per heavy atom. The van der Waals surface area contributed by atoms with Crippen molar-refractivity contribution in [2.75, 3.05) is 13.2 Å². The summed E-state index contributed by atoms with van der Waals surface area (Å²) in [6.45, 7) is 3.79. The smallest absolute Gasteiger partial charge is 0.328 e. The number of hydrogen-bond acceptors (Lipinski definition) is 5.